The average molecular weight is 384 g/mol. The van der Waals surface area contributed by atoms with E-state index in [4.69, 9.17) is 9.47 Å². The standard InChI is InChI=1S/C21H28N4O3/c1-16-5-4-6-17(11-16)24-22-14-18-12-19(25-7-9-27-10-8-25)13-20(23-18)28-15-21(2,3)26/h4-6,11-13,26H,7-10,14-15H2,1-3H3. The van der Waals surface area contributed by atoms with E-state index >= 15 is 0 Å². The minimum absolute atomic E-state index is 0.164. The van der Waals surface area contributed by atoms with Gasteiger partial charge in [-0.05, 0) is 44.5 Å². The predicted molar refractivity (Wildman–Crippen MR) is 108 cm³/mol. The van der Waals surface area contributed by atoms with Crippen LogP contribution in [0.2, 0.25) is 0 Å². The van der Waals surface area contributed by atoms with E-state index in [1.807, 2.05) is 43.3 Å². The van der Waals surface area contributed by atoms with Crippen LogP contribution in [-0.2, 0) is 11.3 Å². The lowest BCUT2D eigenvalue weighted by Crippen LogP contribution is -2.36. The monoisotopic (exact) mass is 384 g/mol. The first kappa shape index (κ1) is 20.2. The van der Waals surface area contributed by atoms with Crippen molar-refractivity contribution in [2.45, 2.75) is 32.9 Å². The topological polar surface area (TPSA) is 79.5 Å². The van der Waals surface area contributed by atoms with Crippen LogP contribution in [0.25, 0.3) is 0 Å². The van der Waals surface area contributed by atoms with E-state index in [0.717, 1.165) is 35.7 Å². The van der Waals surface area contributed by atoms with Crippen molar-refractivity contribution >= 4 is 11.4 Å². The molecule has 7 nitrogen and oxygen atoms in total. The van der Waals surface area contributed by atoms with Gasteiger partial charge in [-0.3, -0.25) is 0 Å². The summed E-state index contributed by atoms with van der Waals surface area (Å²) in [6, 6.07) is 11.8. The molecule has 0 amide bonds. The minimum atomic E-state index is -0.929. The Morgan fingerprint density at radius 1 is 1.21 bits per heavy atom. The van der Waals surface area contributed by atoms with Gasteiger partial charge in [0.25, 0.3) is 0 Å². The van der Waals surface area contributed by atoms with Gasteiger partial charge >= 0.3 is 0 Å². The largest absolute Gasteiger partial charge is 0.475 e. The number of pyridine rings is 1. The molecule has 0 radical (unpaired) electrons. The predicted octanol–water partition coefficient (Wildman–Crippen LogP) is 3.66. The van der Waals surface area contributed by atoms with Crippen LogP contribution < -0.4 is 9.64 Å². The number of rotatable bonds is 7. The summed E-state index contributed by atoms with van der Waals surface area (Å²) >= 11 is 0. The first-order valence-corrected chi connectivity index (χ1v) is 9.52. The molecule has 0 atom stereocenters. The maximum Gasteiger partial charge on any atom is 0.215 e. The number of ether oxygens (including phenoxy) is 2. The molecule has 1 aromatic heterocycles. The molecule has 0 spiro atoms. The van der Waals surface area contributed by atoms with Gasteiger partial charge in [-0.2, -0.15) is 10.2 Å². The number of aryl methyl sites for hydroxylation is 1. The quantitative estimate of drug-likeness (QED) is 0.737. The van der Waals surface area contributed by atoms with E-state index in [1.165, 1.54) is 0 Å². The fourth-order valence-electron chi connectivity index (χ4n) is 2.83. The van der Waals surface area contributed by atoms with Crippen molar-refractivity contribution in [3.63, 3.8) is 0 Å². The second kappa shape index (κ2) is 9.12. The van der Waals surface area contributed by atoms with Gasteiger partial charge in [0.15, 0.2) is 0 Å². The molecular weight excluding hydrogens is 356 g/mol. The van der Waals surface area contributed by atoms with Gasteiger partial charge in [0.2, 0.25) is 5.88 Å². The lowest BCUT2D eigenvalue weighted by Gasteiger charge is -2.29. The Balaban J connectivity index is 1.77. The zero-order valence-electron chi connectivity index (χ0n) is 16.8. The Morgan fingerprint density at radius 3 is 2.71 bits per heavy atom. The maximum absolute atomic E-state index is 9.94. The molecule has 2 heterocycles. The summed E-state index contributed by atoms with van der Waals surface area (Å²) in [6.45, 7) is 8.99. The highest BCUT2D eigenvalue weighted by Gasteiger charge is 2.17. The van der Waals surface area contributed by atoms with Crippen molar-refractivity contribution in [3.05, 3.63) is 47.7 Å². The van der Waals surface area contributed by atoms with Crippen LogP contribution in [0.15, 0.2) is 46.6 Å². The smallest absolute Gasteiger partial charge is 0.215 e. The molecular formula is C21H28N4O3. The third-order valence-electron chi connectivity index (χ3n) is 4.21. The molecule has 0 saturated carbocycles. The molecule has 1 aliphatic heterocycles. The Hall–Kier alpha value is -2.51. The lowest BCUT2D eigenvalue weighted by molar-refractivity contribution is 0.0268. The average Bonchev–Trinajstić information content (AvgIpc) is 2.67. The third kappa shape index (κ3) is 6.28. The maximum atomic E-state index is 9.94. The van der Waals surface area contributed by atoms with Gasteiger partial charge < -0.3 is 19.5 Å². The van der Waals surface area contributed by atoms with Crippen molar-refractivity contribution in [2.75, 3.05) is 37.8 Å². The first-order chi connectivity index (χ1) is 13.4. The molecule has 0 bridgehead atoms. The minimum Gasteiger partial charge on any atom is -0.475 e. The van der Waals surface area contributed by atoms with Crippen molar-refractivity contribution in [3.8, 4) is 5.88 Å². The summed E-state index contributed by atoms with van der Waals surface area (Å²) in [5.41, 5.74) is 2.83. The number of hydrogen-bond acceptors (Lipinski definition) is 7. The molecule has 2 aromatic rings. The van der Waals surface area contributed by atoms with Crippen LogP contribution in [0.4, 0.5) is 11.4 Å². The number of aliphatic hydroxyl groups is 1. The molecule has 1 aromatic carbocycles. The SMILES string of the molecule is Cc1cccc(N=NCc2cc(N3CCOCC3)cc(OCC(C)(C)O)n2)c1. The lowest BCUT2D eigenvalue weighted by atomic mass is 10.2. The zero-order chi connectivity index (χ0) is 20.0. The first-order valence-electron chi connectivity index (χ1n) is 9.52. The highest BCUT2D eigenvalue weighted by molar-refractivity contribution is 5.50. The number of anilines is 1. The summed E-state index contributed by atoms with van der Waals surface area (Å²) in [5, 5.41) is 18.5. The number of azo groups is 1. The van der Waals surface area contributed by atoms with Crippen molar-refractivity contribution in [1.29, 1.82) is 0 Å². The van der Waals surface area contributed by atoms with E-state index < -0.39 is 5.60 Å². The number of benzene rings is 1. The molecule has 1 saturated heterocycles. The summed E-state index contributed by atoms with van der Waals surface area (Å²) in [5.74, 6) is 0.479. The second-order valence-corrected chi connectivity index (χ2v) is 7.59. The number of aromatic nitrogens is 1. The molecule has 0 unspecified atom stereocenters. The molecule has 1 fully saturated rings. The molecule has 1 N–H and O–H groups in total. The normalized spacial score (nSPS) is 15.2. The second-order valence-electron chi connectivity index (χ2n) is 7.59. The van der Waals surface area contributed by atoms with E-state index in [0.29, 0.717) is 25.6 Å². The summed E-state index contributed by atoms with van der Waals surface area (Å²) in [6.07, 6.45) is 0. The fourth-order valence-corrected chi connectivity index (χ4v) is 2.83. The summed E-state index contributed by atoms with van der Waals surface area (Å²) in [7, 11) is 0. The van der Waals surface area contributed by atoms with Crippen LogP contribution >= 0.6 is 0 Å². The van der Waals surface area contributed by atoms with E-state index in [1.54, 1.807) is 13.8 Å². The van der Waals surface area contributed by atoms with Crippen LogP contribution in [0, 0.1) is 6.92 Å². The van der Waals surface area contributed by atoms with Gasteiger partial charge in [0.1, 0.15) is 13.2 Å². The number of nitrogens with zero attached hydrogens (tertiary/aromatic N) is 4. The Labute approximate surface area is 166 Å². The van der Waals surface area contributed by atoms with Crippen molar-refractivity contribution in [2.24, 2.45) is 10.2 Å². The molecule has 3 rings (SSSR count). The van der Waals surface area contributed by atoms with Gasteiger partial charge in [-0.1, -0.05) is 12.1 Å². The van der Waals surface area contributed by atoms with Gasteiger partial charge in [0, 0.05) is 24.8 Å². The van der Waals surface area contributed by atoms with Gasteiger partial charge in [-0.25, -0.2) is 4.98 Å². The molecule has 150 valence electrons. The van der Waals surface area contributed by atoms with E-state index in [-0.39, 0.29) is 6.61 Å². The molecule has 1 aliphatic rings. The van der Waals surface area contributed by atoms with Crippen LogP contribution in [-0.4, -0.2) is 48.6 Å². The molecule has 28 heavy (non-hydrogen) atoms. The fraction of sp³-hybridized carbons (Fsp3) is 0.476. The van der Waals surface area contributed by atoms with Crippen LogP contribution in [0.1, 0.15) is 25.1 Å². The van der Waals surface area contributed by atoms with Gasteiger partial charge in [-0.15, -0.1) is 0 Å². The summed E-state index contributed by atoms with van der Waals surface area (Å²) in [4.78, 5) is 6.77. The van der Waals surface area contributed by atoms with Gasteiger partial charge in [0.05, 0.1) is 30.2 Å². The third-order valence-corrected chi connectivity index (χ3v) is 4.21. The highest BCUT2D eigenvalue weighted by Crippen LogP contribution is 2.24. The zero-order valence-corrected chi connectivity index (χ0v) is 16.8. The number of morpholine rings is 1. The Morgan fingerprint density at radius 2 is 2.00 bits per heavy atom. The van der Waals surface area contributed by atoms with E-state index in [9.17, 15) is 5.11 Å². The van der Waals surface area contributed by atoms with Crippen molar-refractivity contribution in [1.82, 2.24) is 4.98 Å². The van der Waals surface area contributed by atoms with Crippen LogP contribution in [0.3, 0.4) is 0 Å². The molecule has 0 aliphatic carbocycles. The summed E-state index contributed by atoms with van der Waals surface area (Å²) < 4.78 is 11.2. The highest BCUT2D eigenvalue weighted by atomic mass is 16.5. The Bertz CT molecular complexity index is 812. The van der Waals surface area contributed by atoms with Crippen molar-refractivity contribution < 1.29 is 14.6 Å². The van der Waals surface area contributed by atoms with Crippen LogP contribution in [0.5, 0.6) is 5.88 Å². The van der Waals surface area contributed by atoms with E-state index in [2.05, 4.69) is 20.1 Å². The Kier molecular flexibility index (Phi) is 6.59. The number of hydrogen-bond donors (Lipinski definition) is 1. The molecule has 7 heteroatoms.